The molecular formula is C11H14F2N2OS2. The second kappa shape index (κ2) is 6.75. The highest BCUT2D eigenvalue weighted by molar-refractivity contribution is 7.84. The van der Waals surface area contributed by atoms with Crippen molar-refractivity contribution in [1.82, 2.24) is 0 Å². The summed E-state index contributed by atoms with van der Waals surface area (Å²) in [4.78, 5) is -0.0635. The van der Waals surface area contributed by atoms with E-state index in [0.717, 1.165) is 12.1 Å². The van der Waals surface area contributed by atoms with Gasteiger partial charge in [0, 0.05) is 34.4 Å². The molecule has 1 aromatic carbocycles. The van der Waals surface area contributed by atoms with Crippen LogP contribution in [0.1, 0.15) is 12.5 Å². The summed E-state index contributed by atoms with van der Waals surface area (Å²) in [6, 6.07) is 2.15. The number of hydrogen-bond acceptors (Lipinski definition) is 3. The monoisotopic (exact) mass is 292 g/mol. The van der Waals surface area contributed by atoms with E-state index in [4.69, 9.17) is 5.73 Å². The number of benzene rings is 1. The van der Waals surface area contributed by atoms with Crippen LogP contribution in [0, 0.1) is 11.6 Å². The van der Waals surface area contributed by atoms with Crippen LogP contribution >= 0.6 is 12.2 Å². The zero-order valence-electron chi connectivity index (χ0n) is 9.83. The van der Waals surface area contributed by atoms with E-state index in [9.17, 15) is 13.0 Å². The highest BCUT2D eigenvalue weighted by Gasteiger charge is 2.12. The molecule has 18 heavy (non-hydrogen) atoms. The lowest BCUT2D eigenvalue weighted by molar-refractivity contribution is 0.588. The first-order valence-corrected chi connectivity index (χ1v) is 7.23. The molecule has 0 aliphatic rings. The Bertz CT molecular complexity index is 457. The van der Waals surface area contributed by atoms with E-state index in [1.807, 2.05) is 0 Å². The minimum atomic E-state index is -0.974. The van der Waals surface area contributed by atoms with Gasteiger partial charge in [-0.05, 0) is 12.1 Å². The summed E-state index contributed by atoms with van der Waals surface area (Å²) in [6.07, 6.45) is 0. The first kappa shape index (κ1) is 15.0. The molecule has 1 atom stereocenters. The molecule has 0 heterocycles. The maximum Gasteiger partial charge on any atom is 0.150 e. The third-order valence-corrected chi connectivity index (χ3v) is 3.82. The Labute approximate surface area is 112 Å². The van der Waals surface area contributed by atoms with Crippen LogP contribution in [0.4, 0.5) is 14.5 Å². The molecule has 3 N–H and O–H groups in total. The Kier molecular flexibility index (Phi) is 5.61. The van der Waals surface area contributed by atoms with Crippen LogP contribution in [0.3, 0.4) is 0 Å². The van der Waals surface area contributed by atoms with Crippen molar-refractivity contribution in [2.24, 2.45) is 5.73 Å². The van der Waals surface area contributed by atoms with Gasteiger partial charge in [-0.25, -0.2) is 8.78 Å². The number of thiocarbonyl (C=S) groups is 1. The van der Waals surface area contributed by atoms with Crippen molar-refractivity contribution in [3.05, 3.63) is 29.3 Å². The number of nitrogens with two attached hydrogens (primary N) is 1. The molecule has 0 bridgehead atoms. The van der Waals surface area contributed by atoms with Gasteiger partial charge in [0.1, 0.15) is 22.3 Å². The van der Waals surface area contributed by atoms with Gasteiger partial charge in [0.05, 0.1) is 0 Å². The molecule has 0 fully saturated rings. The summed E-state index contributed by atoms with van der Waals surface area (Å²) in [5.74, 6) is -0.667. The van der Waals surface area contributed by atoms with Crippen LogP contribution in [0.2, 0.25) is 0 Å². The summed E-state index contributed by atoms with van der Waals surface area (Å²) in [6.45, 7) is 2.02. The summed E-state index contributed by atoms with van der Waals surface area (Å²) >= 11 is 4.65. The number of anilines is 1. The van der Waals surface area contributed by atoms with Crippen LogP contribution in [-0.4, -0.2) is 27.2 Å². The predicted octanol–water partition coefficient (Wildman–Crippen LogP) is 1.78. The quantitative estimate of drug-likeness (QED) is 0.785. The van der Waals surface area contributed by atoms with E-state index >= 15 is 0 Å². The van der Waals surface area contributed by atoms with Crippen molar-refractivity contribution in [3.8, 4) is 0 Å². The average Bonchev–Trinajstić information content (AvgIpc) is 2.31. The molecular weight excluding hydrogens is 278 g/mol. The number of rotatable bonds is 6. The van der Waals surface area contributed by atoms with Gasteiger partial charge in [-0.15, -0.1) is 0 Å². The smallest absolute Gasteiger partial charge is 0.150 e. The van der Waals surface area contributed by atoms with Crippen LogP contribution < -0.4 is 11.1 Å². The molecule has 1 rings (SSSR count). The molecule has 0 aliphatic heterocycles. The van der Waals surface area contributed by atoms with Gasteiger partial charge in [-0.3, -0.25) is 4.21 Å². The van der Waals surface area contributed by atoms with Gasteiger partial charge in [-0.1, -0.05) is 19.1 Å². The number of hydrogen-bond donors (Lipinski definition) is 2. The van der Waals surface area contributed by atoms with Crippen molar-refractivity contribution in [1.29, 1.82) is 0 Å². The van der Waals surface area contributed by atoms with Crippen LogP contribution in [0.5, 0.6) is 0 Å². The second-order valence-electron chi connectivity index (χ2n) is 3.54. The first-order valence-electron chi connectivity index (χ1n) is 5.33. The summed E-state index contributed by atoms with van der Waals surface area (Å²) in [5, 5.41) is 2.59. The van der Waals surface area contributed by atoms with Crippen molar-refractivity contribution < 1.29 is 13.0 Å². The Balaban J connectivity index is 2.78. The molecule has 0 saturated carbocycles. The van der Waals surface area contributed by atoms with E-state index in [0.29, 0.717) is 11.5 Å². The van der Waals surface area contributed by atoms with E-state index in [2.05, 4.69) is 17.5 Å². The molecule has 0 aliphatic carbocycles. The Hall–Kier alpha value is -1.08. The molecule has 1 aromatic rings. The maximum absolute atomic E-state index is 13.6. The predicted molar refractivity (Wildman–Crippen MR) is 74.3 cm³/mol. The summed E-state index contributed by atoms with van der Waals surface area (Å²) in [5.41, 5.74) is 5.19. The van der Waals surface area contributed by atoms with Crippen molar-refractivity contribution in [3.63, 3.8) is 0 Å². The minimum absolute atomic E-state index is 0.0635. The molecule has 100 valence electrons. The molecule has 0 aromatic heterocycles. The number of halogens is 2. The minimum Gasteiger partial charge on any atom is -0.389 e. The van der Waals surface area contributed by atoms with Gasteiger partial charge in [0.2, 0.25) is 0 Å². The molecule has 7 heteroatoms. The van der Waals surface area contributed by atoms with Gasteiger partial charge in [0.25, 0.3) is 0 Å². The van der Waals surface area contributed by atoms with Crippen molar-refractivity contribution in [2.45, 2.75) is 6.92 Å². The molecule has 0 radical (unpaired) electrons. The van der Waals surface area contributed by atoms with E-state index in [1.54, 1.807) is 6.92 Å². The Morgan fingerprint density at radius 1 is 1.44 bits per heavy atom. The fourth-order valence-corrected chi connectivity index (χ4v) is 2.05. The van der Waals surface area contributed by atoms with Crippen molar-refractivity contribution in [2.75, 3.05) is 23.4 Å². The second-order valence-corrected chi connectivity index (χ2v) is 5.84. The van der Waals surface area contributed by atoms with Gasteiger partial charge < -0.3 is 11.1 Å². The lowest BCUT2D eigenvalue weighted by Gasteiger charge is -2.10. The fourth-order valence-electron chi connectivity index (χ4n) is 1.32. The molecule has 0 saturated heterocycles. The van der Waals surface area contributed by atoms with Gasteiger partial charge in [0.15, 0.2) is 0 Å². The lowest BCUT2D eigenvalue weighted by Crippen LogP contribution is -2.15. The first-order chi connectivity index (χ1) is 8.45. The van der Waals surface area contributed by atoms with Crippen molar-refractivity contribution >= 4 is 33.7 Å². The van der Waals surface area contributed by atoms with Crippen LogP contribution in [0.25, 0.3) is 0 Å². The van der Waals surface area contributed by atoms with Crippen LogP contribution in [-0.2, 0) is 10.8 Å². The van der Waals surface area contributed by atoms with Gasteiger partial charge in [-0.2, -0.15) is 0 Å². The standard InChI is InChI=1S/C11H14F2N2OS2/c1-2-18(16)4-3-15-10-8(12)5-7(11(14)17)6-9(10)13/h5-6,15H,2-4H2,1H3,(H2,14,17). The fraction of sp³-hybridized carbons (Fsp3) is 0.364. The SMILES string of the molecule is CCS(=O)CCNc1c(F)cc(C(N)=S)cc1F. The third-order valence-electron chi connectivity index (χ3n) is 2.28. The van der Waals surface area contributed by atoms with E-state index in [-0.39, 0.29) is 22.8 Å². The normalized spacial score (nSPS) is 12.2. The number of nitrogens with one attached hydrogen (secondary N) is 1. The van der Waals surface area contributed by atoms with Gasteiger partial charge >= 0.3 is 0 Å². The average molecular weight is 292 g/mol. The zero-order chi connectivity index (χ0) is 13.7. The van der Waals surface area contributed by atoms with E-state index in [1.165, 1.54) is 0 Å². The summed E-state index contributed by atoms with van der Waals surface area (Å²) in [7, 11) is -0.974. The Morgan fingerprint density at radius 2 is 2.00 bits per heavy atom. The molecule has 0 amide bonds. The largest absolute Gasteiger partial charge is 0.389 e. The molecule has 3 nitrogen and oxygen atoms in total. The molecule has 0 spiro atoms. The topological polar surface area (TPSA) is 55.1 Å². The van der Waals surface area contributed by atoms with E-state index < -0.39 is 22.4 Å². The van der Waals surface area contributed by atoms with Crippen LogP contribution in [0.15, 0.2) is 12.1 Å². The highest BCUT2D eigenvalue weighted by atomic mass is 32.2. The lowest BCUT2D eigenvalue weighted by atomic mass is 10.2. The highest BCUT2D eigenvalue weighted by Crippen LogP contribution is 2.20. The zero-order valence-corrected chi connectivity index (χ0v) is 11.5. The maximum atomic E-state index is 13.6. The Morgan fingerprint density at radius 3 is 2.44 bits per heavy atom. The summed E-state index contributed by atoms with van der Waals surface area (Å²) < 4.78 is 38.3. The molecule has 1 unspecified atom stereocenters. The third kappa shape index (κ3) is 3.99.